The summed E-state index contributed by atoms with van der Waals surface area (Å²) in [4.78, 5) is 11.7. The summed E-state index contributed by atoms with van der Waals surface area (Å²) >= 11 is -0.0602. The number of amides is 1. The molecule has 0 atom stereocenters. The molecule has 2 aromatic rings. The van der Waals surface area contributed by atoms with Crippen LogP contribution in [-0.4, -0.2) is 42.4 Å². The van der Waals surface area contributed by atoms with E-state index in [9.17, 15) is 4.79 Å². The number of benzene rings is 1. The van der Waals surface area contributed by atoms with E-state index in [2.05, 4.69) is 18.6 Å². The second kappa shape index (κ2) is 5.91. The number of rotatable bonds is 5. The van der Waals surface area contributed by atoms with Gasteiger partial charge in [0.1, 0.15) is 0 Å². The van der Waals surface area contributed by atoms with Gasteiger partial charge in [0.25, 0.3) is 0 Å². The molecule has 0 unspecified atom stereocenters. The van der Waals surface area contributed by atoms with Gasteiger partial charge in [-0.25, -0.2) is 0 Å². The predicted octanol–water partition coefficient (Wildman–Crippen LogP) is 0.625. The number of carbonyl (C=O) groups excluding carboxylic acids is 1. The predicted molar refractivity (Wildman–Crippen MR) is 68.3 cm³/mol. The molecule has 90 valence electrons. The van der Waals surface area contributed by atoms with Gasteiger partial charge in [-0.2, -0.15) is 0 Å². The zero-order chi connectivity index (χ0) is 12.1. The Balaban J connectivity index is 2.03. The summed E-state index contributed by atoms with van der Waals surface area (Å²) in [7, 11) is 1.88. The summed E-state index contributed by atoms with van der Waals surface area (Å²) in [6.07, 6.45) is 1.36. The van der Waals surface area contributed by atoms with Crippen molar-refractivity contribution in [2.24, 2.45) is 0 Å². The van der Waals surface area contributed by atoms with Crippen LogP contribution in [-0.2, 0) is 4.79 Å². The van der Waals surface area contributed by atoms with Crippen LogP contribution in [0.3, 0.4) is 0 Å². The fourth-order valence-electron chi connectivity index (χ4n) is 1.55. The van der Waals surface area contributed by atoms with E-state index in [0.717, 1.165) is 29.7 Å². The Morgan fingerprint density at radius 3 is 3.12 bits per heavy atom. The molecule has 2 N–H and O–H groups in total. The van der Waals surface area contributed by atoms with Gasteiger partial charge < -0.3 is 0 Å². The summed E-state index contributed by atoms with van der Waals surface area (Å²) < 4.78 is 8.59. The van der Waals surface area contributed by atoms with Gasteiger partial charge in [-0.05, 0) is 0 Å². The summed E-state index contributed by atoms with van der Waals surface area (Å²) in [5.41, 5.74) is 2.49. The molecule has 2 rings (SSSR count). The topological polar surface area (TPSA) is 66.9 Å². The van der Waals surface area contributed by atoms with Crippen molar-refractivity contribution in [1.29, 1.82) is 0 Å². The number of anilines is 1. The van der Waals surface area contributed by atoms with E-state index in [1.807, 2.05) is 25.2 Å². The Morgan fingerprint density at radius 2 is 2.29 bits per heavy atom. The van der Waals surface area contributed by atoms with E-state index in [1.165, 1.54) is 0 Å². The van der Waals surface area contributed by atoms with Crippen LogP contribution in [0.15, 0.2) is 18.2 Å². The monoisotopic (exact) mass is 298 g/mol. The van der Waals surface area contributed by atoms with Crippen LogP contribution in [0.5, 0.6) is 0 Å². The minimum atomic E-state index is -0.0602. The van der Waals surface area contributed by atoms with Crippen LogP contribution >= 0.6 is 0 Å². The second-order valence-corrected chi connectivity index (χ2v) is 4.80. The van der Waals surface area contributed by atoms with Gasteiger partial charge in [0.15, 0.2) is 0 Å². The first-order valence-electron chi connectivity index (χ1n) is 5.47. The number of nitrogens with one attached hydrogen (secondary N) is 2. The second-order valence-electron chi connectivity index (χ2n) is 3.69. The molecule has 0 radical (unpaired) electrons. The molecule has 0 aliphatic rings. The van der Waals surface area contributed by atoms with Gasteiger partial charge in [0.05, 0.1) is 0 Å². The zero-order valence-electron chi connectivity index (χ0n) is 9.56. The van der Waals surface area contributed by atoms with Crippen LogP contribution in [0.4, 0.5) is 5.69 Å². The fourth-order valence-corrected chi connectivity index (χ4v) is 2.70. The molecule has 0 bridgehead atoms. The average Bonchev–Trinajstić information content (AvgIpc) is 2.78. The molecular weight excluding hydrogens is 283 g/mol. The van der Waals surface area contributed by atoms with Crippen molar-refractivity contribution in [2.45, 2.75) is 12.8 Å². The Hall–Kier alpha value is -1.23. The Bertz CT molecular complexity index is 511. The molecule has 0 spiro atoms. The fraction of sp³-hybridized carbons (Fsp3) is 0.364. The summed E-state index contributed by atoms with van der Waals surface area (Å²) in [5, 5.41) is 5.91. The molecule has 0 aliphatic heterocycles. The number of carbonyl (C=O) groups is 1. The zero-order valence-corrected chi connectivity index (χ0v) is 11.3. The van der Waals surface area contributed by atoms with Gasteiger partial charge in [-0.15, -0.1) is 0 Å². The maximum atomic E-state index is 11.7. The third-order valence-electron chi connectivity index (χ3n) is 2.39. The van der Waals surface area contributed by atoms with Crippen LogP contribution < -0.4 is 10.6 Å². The van der Waals surface area contributed by atoms with E-state index < -0.39 is 0 Å². The normalized spacial score (nSPS) is 10.6. The SMILES string of the molecule is CNCCCC(=O)Nc1cccc2n[se]nc12. The Morgan fingerprint density at radius 1 is 1.41 bits per heavy atom. The minimum absolute atomic E-state index is 0.0308. The van der Waals surface area contributed by atoms with E-state index >= 15 is 0 Å². The van der Waals surface area contributed by atoms with E-state index in [4.69, 9.17) is 0 Å². The van der Waals surface area contributed by atoms with Crippen LogP contribution in [0.1, 0.15) is 12.8 Å². The van der Waals surface area contributed by atoms with E-state index in [0.29, 0.717) is 6.42 Å². The molecule has 5 nitrogen and oxygen atoms in total. The third-order valence-corrected chi connectivity index (χ3v) is 3.53. The molecule has 0 fully saturated rings. The van der Waals surface area contributed by atoms with Crippen LogP contribution in [0, 0.1) is 0 Å². The molecular formula is C11H14N4OSe. The van der Waals surface area contributed by atoms with Crippen molar-refractivity contribution in [2.75, 3.05) is 18.9 Å². The maximum absolute atomic E-state index is 11.7. The summed E-state index contributed by atoms with van der Waals surface area (Å²) in [6.45, 7) is 0.850. The van der Waals surface area contributed by atoms with E-state index in [1.54, 1.807) is 0 Å². The van der Waals surface area contributed by atoms with Gasteiger partial charge >= 0.3 is 106 Å². The Labute approximate surface area is 106 Å². The number of hydrogen-bond donors (Lipinski definition) is 2. The van der Waals surface area contributed by atoms with Crippen LogP contribution in [0.25, 0.3) is 11.0 Å². The first-order valence-corrected chi connectivity index (χ1v) is 7.00. The third kappa shape index (κ3) is 3.12. The molecule has 0 saturated carbocycles. The van der Waals surface area contributed by atoms with Crippen molar-refractivity contribution >= 4 is 37.6 Å². The molecule has 1 heterocycles. The quantitative estimate of drug-likeness (QED) is 0.627. The summed E-state index contributed by atoms with van der Waals surface area (Å²) in [5.74, 6) is 0.0308. The first kappa shape index (κ1) is 12.2. The van der Waals surface area contributed by atoms with Gasteiger partial charge in [-0.1, -0.05) is 0 Å². The number of hydrogen-bond acceptors (Lipinski definition) is 4. The Kier molecular flexibility index (Phi) is 4.25. The number of nitrogens with zero attached hydrogens (tertiary/aromatic N) is 2. The molecule has 17 heavy (non-hydrogen) atoms. The van der Waals surface area contributed by atoms with Gasteiger partial charge in [0.2, 0.25) is 0 Å². The van der Waals surface area contributed by atoms with Gasteiger partial charge in [0, 0.05) is 0 Å². The van der Waals surface area contributed by atoms with Crippen molar-refractivity contribution in [3.05, 3.63) is 18.2 Å². The average molecular weight is 297 g/mol. The molecule has 1 amide bonds. The first-order chi connectivity index (χ1) is 8.31. The van der Waals surface area contributed by atoms with E-state index in [-0.39, 0.29) is 20.9 Å². The van der Waals surface area contributed by atoms with Crippen molar-refractivity contribution in [1.82, 2.24) is 13.3 Å². The molecule has 0 aliphatic carbocycles. The van der Waals surface area contributed by atoms with Crippen LogP contribution in [0.2, 0.25) is 0 Å². The van der Waals surface area contributed by atoms with Crippen molar-refractivity contribution in [3.63, 3.8) is 0 Å². The molecule has 1 aromatic heterocycles. The molecule has 6 heteroatoms. The molecule has 1 aromatic carbocycles. The summed E-state index contributed by atoms with van der Waals surface area (Å²) in [6, 6.07) is 5.68. The van der Waals surface area contributed by atoms with Crippen molar-refractivity contribution in [3.8, 4) is 0 Å². The van der Waals surface area contributed by atoms with Gasteiger partial charge in [-0.3, -0.25) is 0 Å². The van der Waals surface area contributed by atoms with Crippen molar-refractivity contribution < 1.29 is 4.79 Å². The standard InChI is InChI=1S/C11H14N4OSe/c1-12-7-3-6-10(16)13-8-4-2-5-9-11(8)15-17-14-9/h2,4-5,12H,3,6-7H2,1H3,(H,13,16). The molecule has 0 saturated heterocycles. The number of aromatic nitrogens is 2. The number of fused-ring (bicyclic) bond motifs is 1.